The van der Waals surface area contributed by atoms with E-state index in [0.29, 0.717) is 5.69 Å². The molecule has 1 unspecified atom stereocenters. The van der Waals surface area contributed by atoms with Crippen LogP contribution in [0.25, 0.3) is 11.3 Å². The van der Waals surface area contributed by atoms with Gasteiger partial charge in [0.2, 0.25) is 11.8 Å². The van der Waals surface area contributed by atoms with Crippen LogP contribution in [0.5, 0.6) is 5.88 Å². The number of carboxylic acid groups (broad SMARTS) is 1. The molecule has 0 spiro atoms. The van der Waals surface area contributed by atoms with Gasteiger partial charge < -0.3 is 24.3 Å². The van der Waals surface area contributed by atoms with Crippen molar-refractivity contribution in [1.29, 1.82) is 0 Å². The topological polar surface area (TPSA) is 166 Å². The van der Waals surface area contributed by atoms with E-state index in [4.69, 9.17) is 13.9 Å². The van der Waals surface area contributed by atoms with Gasteiger partial charge in [-0.1, -0.05) is 106 Å². The zero-order chi connectivity index (χ0) is 41.6. The van der Waals surface area contributed by atoms with Crippen LogP contribution in [0, 0.1) is 13.8 Å². The minimum absolute atomic E-state index is 0.00155. The van der Waals surface area contributed by atoms with Gasteiger partial charge in [0.1, 0.15) is 11.7 Å². The van der Waals surface area contributed by atoms with Gasteiger partial charge >= 0.3 is 12.1 Å². The molecule has 5 rings (SSSR count). The quantitative estimate of drug-likeness (QED) is 0.0985. The number of nitrogens with one attached hydrogen (secondary N) is 2. The molecule has 57 heavy (non-hydrogen) atoms. The van der Waals surface area contributed by atoms with Crippen molar-refractivity contribution in [2.75, 3.05) is 17.9 Å². The highest BCUT2D eigenvalue weighted by atomic mass is 32.2. The summed E-state index contributed by atoms with van der Waals surface area (Å²) in [6.45, 7) is 15.5. The van der Waals surface area contributed by atoms with Crippen LogP contribution in [0.4, 0.5) is 10.7 Å². The van der Waals surface area contributed by atoms with Gasteiger partial charge in [-0.05, 0) is 79.4 Å². The molecule has 4 aromatic carbocycles. The van der Waals surface area contributed by atoms with Gasteiger partial charge in [0.05, 0.1) is 29.3 Å². The lowest BCUT2D eigenvalue weighted by Crippen LogP contribution is -2.67. The van der Waals surface area contributed by atoms with Crippen LogP contribution in [-0.4, -0.2) is 68.7 Å². The predicted molar refractivity (Wildman–Crippen MR) is 223 cm³/mol. The number of carboxylic acids is 1. The first-order chi connectivity index (χ1) is 26.8. The Morgan fingerprint density at radius 3 is 1.91 bits per heavy atom. The molecule has 0 aliphatic carbocycles. The molecule has 5 aromatic rings. The monoisotopic (exact) mass is 810 g/mol. The average Bonchev–Trinajstić information content (AvgIpc) is 3.13. The molecule has 300 valence electrons. The molecule has 0 saturated carbocycles. The fourth-order valence-electron chi connectivity index (χ4n) is 6.65. The lowest BCUT2D eigenvalue weighted by atomic mass is 10.00. The normalized spacial score (nSPS) is 12.7. The maximum Gasteiger partial charge on any atom is 0.407 e. The van der Waals surface area contributed by atoms with Gasteiger partial charge in [-0.15, -0.1) is 0 Å². The molecule has 0 radical (unpaired) electrons. The third-order valence-corrected chi connectivity index (χ3v) is 15.5. The molecule has 0 fully saturated rings. The molecular formula is C43H50N4O8SSi. The van der Waals surface area contributed by atoms with E-state index < -0.39 is 42.1 Å². The van der Waals surface area contributed by atoms with Crippen LogP contribution in [0.2, 0.25) is 5.04 Å². The first-order valence-electron chi connectivity index (χ1n) is 18.5. The maximum absolute atomic E-state index is 13.7. The van der Waals surface area contributed by atoms with E-state index >= 15 is 0 Å². The standard InChI is InChI=1S/C43H50N4O8SSi/c1-29-17-15-18-30(2)38(29)36-26-37(46-40(45-36)47-56(51,52)33-20-16-19-31(25-33)39(48)49)54-32(27-44-41(50)55-42(3,4)5)28-53-57(43(6,7)8,34-21-11-9-12-22-34)35-23-13-10-14-24-35/h9-26,32H,27-28H2,1-8H3,(H,44,50)(H,48,49)(H,45,46,47). The van der Waals surface area contributed by atoms with Gasteiger partial charge in [-0.2, -0.15) is 4.98 Å². The number of amides is 1. The van der Waals surface area contributed by atoms with Crippen LogP contribution in [0.15, 0.2) is 114 Å². The Bertz CT molecular complexity index is 2250. The van der Waals surface area contributed by atoms with Crippen LogP contribution in [0.3, 0.4) is 0 Å². The molecule has 0 bridgehead atoms. The number of carbonyl (C=O) groups excluding carboxylic acids is 1. The first-order valence-corrected chi connectivity index (χ1v) is 21.9. The van der Waals surface area contributed by atoms with E-state index in [9.17, 15) is 23.1 Å². The van der Waals surface area contributed by atoms with Crippen LogP contribution < -0.4 is 25.1 Å². The Morgan fingerprint density at radius 1 is 0.789 bits per heavy atom. The minimum atomic E-state index is -4.37. The highest BCUT2D eigenvalue weighted by Gasteiger charge is 2.50. The molecule has 1 amide bonds. The molecule has 14 heteroatoms. The van der Waals surface area contributed by atoms with E-state index in [1.54, 1.807) is 26.8 Å². The van der Waals surface area contributed by atoms with Gasteiger partial charge in [-0.3, -0.25) is 0 Å². The number of aromatic carboxylic acids is 1. The summed E-state index contributed by atoms with van der Waals surface area (Å²) < 4.78 is 49.1. The van der Waals surface area contributed by atoms with E-state index in [-0.39, 0.29) is 40.5 Å². The number of hydrogen-bond acceptors (Lipinski definition) is 9. The summed E-state index contributed by atoms with van der Waals surface area (Å²) in [5, 5.41) is 14.0. The summed E-state index contributed by atoms with van der Waals surface area (Å²) >= 11 is 0. The average molecular weight is 811 g/mol. The van der Waals surface area contributed by atoms with E-state index in [0.717, 1.165) is 33.1 Å². The molecule has 0 aliphatic rings. The Labute approximate surface area is 335 Å². The number of sulfonamides is 1. The summed E-state index contributed by atoms with van der Waals surface area (Å²) in [4.78, 5) is 33.4. The fourth-order valence-corrected chi connectivity index (χ4v) is 12.2. The Balaban J connectivity index is 1.60. The number of alkyl carbamates (subject to hydrolysis) is 1. The van der Waals surface area contributed by atoms with Crippen molar-refractivity contribution < 1.29 is 37.0 Å². The Morgan fingerprint density at radius 2 is 1.37 bits per heavy atom. The Kier molecular flexibility index (Phi) is 12.9. The second-order valence-electron chi connectivity index (χ2n) is 15.7. The number of nitrogens with zero attached hydrogens (tertiary/aromatic N) is 2. The second-order valence-corrected chi connectivity index (χ2v) is 21.7. The largest absolute Gasteiger partial charge is 0.478 e. The number of benzene rings is 4. The lowest BCUT2D eigenvalue weighted by molar-refractivity contribution is 0.0476. The van der Waals surface area contributed by atoms with Crippen molar-refractivity contribution in [2.45, 2.75) is 77.0 Å². The zero-order valence-electron chi connectivity index (χ0n) is 33.5. The number of rotatable bonds is 14. The molecule has 3 N–H and O–H groups in total. The molecule has 1 aromatic heterocycles. The van der Waals surface area contributed by atoms with Gasteiger partial charge in [0.25, 0.3) is 18.3 Å². The summed E-state index contributed by atoms with van der Waals surface area (Å²) in [5.41, 5.74) is 1.91. The number of hydrogen-bond donors (Lipinski definition) is 3. The van der Waals surface area contributed by atoms with Crippen molar-refractivity contribution in [3.8, 4) is 17.1 Å². The molecule has 0 saturated heterocycles. The highest BCUT2D eigenvalue weighted by molar-refractivity contribution is 7.92. The summed E-state index contributed by atoms with van der Waals surface area (Å²) in [6, 6.07) is 32.5. The van der Waals surface area contributed by atoms with Crippen LogP contribution in [-0.2, 0) is 19.2 Å². The Hall–Kier alpha value is -5.57. The SMILES string of the molecule is Cc1cccc(C)c1-c1cc(OC(CNC(=O)OC(C)(C)C)CO[Si](c2ccccc2)(c2ccccc2)C(C)(C)C)nc(NS(=O)(=O)c2cccc(C(=O)O)c2)n1. The van der Waals surface area contributed by atoms with Gasteiger partial charge in [0.15, 0.2) is 0 Å². The molecule has 1 heterocycles. The van der Waals surface area contributed by atoms with Crippen LogP contribution >= 0.6 is 0 Å². The molecule has 1 atom stereocenters. The molecular weight excluding hydrogens is 761 g/mol. The van der Waals surface area contributed by atoms with Gasteiger partial charge in [-0.25, -0.2) is 27.7 Å². The highest BCUT2D eigenvalue weighted by Crippen LogP contribution is 2.37. The number of anilines is 1. The van der Waals surface area contributed by atoms with Gasteiger partial charge in [0, 0.05) is 11.6 Å². The summed E-state index contributed by atoms with van der Waals surface area (Å²) in [7, 11) is -7.45. The molecule has 0 aliphatic heterocycles. The smallest absolute Gasteiger partial charge is 0.407 e. The number of carbonyl (C=O) groups is 2. The number of aryl methyl sites for hydroxylation is 2. The van der Waals surface area contributed by atoms with E-state index in [1.165, 1.54) is 18.2 Å². The van der Waals surface area contributed by atoms with Crippen molar-refractivity contribution in [3.63, 3.8) is 0 Å². The van der Waals surface area contributed by atoms with Crippen molar-refractivity contribution in [2.24, 2.45) is 0 Å². The third-order valence-electron chi connectivity index (χ3n) is 9.12. The van der Waals surface area contributed by atoms with E-state index in [2.05, 4.69) is 65.0 Å². The fraction of sp³-hybridized carbons (Fsp3) is 0.302. The predicted octanol–water partition coefficient (Wildman–Crippen LogP) is 7.11. The van der Waals surface area contributed by atoms with Crippen LogP contribution in [0.1, 0.15) is 63.0 Å². The summed E-state index contributed by atoms with van der Waals surface area (Å²) in [6.07, 6.45) is -1.52. The molecule has 12 nitrogen and oxygen atoms in total. The lowest BCUT2D eigenvalue weighted by Gasteiger charge is -2.43. The van der Waals surface area contributed by atoms with Crippen molar-refractivity contribution in [3.05, 3.63) is 126 Å². The van der Waals surface area contributed by atoms with Crippen molar-refractivity contribution in [1.82, 2.24) is 15.3 Å². The number of aromatic nitrogens is 2. The third kappa shape index (κ3) is 10.4. The maximum atomic E-state index is 13.7. The second kappa shape index (κ2) is 17.3. The van der Waals surface area contributed by atoms with Crippen molar-refractivity contribution >= 4 is 46.7 Å². The summed E-state index contributed by atoms with van der Waals surface area (Å²) in [5.74, 6) is -1.58. The minimum Gasteiger partial charge on any atom is -0.478 e. The zero-order valence-corrected chi connectivity index (χ0v) is 35.3. The first kappa shape index (κ1) is 42.6. The number of ether oxygens (including phenoxy) is 2. The van der Waals surface area contributed by atoms with E-state index in [1.807, 2.05) is 68.4 Å².